The molecule has 0 saturated heterocycles. The van der Waals surface area contributed by atoms with Crippen LogP contribution in [-0.2, 0) is 4.65 Å². The lowest BCUT2D eigenvalue weighted by Crippen LogP contribution is -2.21. The molecule has 10 heavy (non-hydrogen) atoms. The second-order valence-corrected chi connectivity index (χ2v) is 2.28. The quantitative estimate of drug-likeness (QED) is 0.326. The van der Waals surface area contributed by atoms with Crippen LogP contribution in [-0.4, -0.2) is 18.9 Å². The second kappa shape index (κ2) is 7.06. The first-order chi connectivity index (χ1) is 4.81. The van der Waals surface area contributed by atoms with E-state index in [1.807, 2.05) is 0 Å². The van der Waals surface area contributed by atoms with Crippen LogP contribution in [0, 0.1) is 0 Å². The molecule has 0 radical (unpaired) electrons. The third-order valence-electron chi connectivity index (χ3n) is 1.34. The highest BCUT2D eigenvalue weighted by Gasteiger charge is 2.09. The number of unbranched alkanes of at least 4 members (excludes halogenated alkanes) is 2. The van der Waals surface area contributed by atoms with E-state index < -0.39 is 7.12 Å². The molecule has 0 spiro atoms. The van der Waals surface area contributed by atoms with Crippen molar-refractivity contribution in [2.24, 2.45) is 5.73 Å². The summed E-state index contributed by atoms with van der Waals surface area (Å²) in [5, 5.41) is 8.97. The first kappa shape index (κ1) is 9.94. The van der Waals surface area contributed by atoms with Crippen LogP contribution in [0.2, 0.25) is 6.32 Å². The standard InChI is InChI=1S/C6H16BNO2/c1-2-3-4-5-7(9)10-6-8/h9H,2-6,8H2,1H3. The van der Waals surface area contributed by atoms with Crippen LogP contribution in [0.5, 0.6) is 0 Å². The number of hydrogen-bond donors (Lipinski definition) is 2. The van der Waals surface area contributed by atoms with Gasteiger partial charge in [-0.2, -0.15) is 0 Å². The van der Waals surface area contributed by atoms with Gasteiger partial charge < -0.3 is 15.4 Å². The van der Waals surface area contributed by atoms with Crippen LogP contribution in [0.4, 0.5) is 0 Å². The first-order valence-corrected chi connectivity index (χ1v) is 3.81. The topological polar surface area (TPSA) is 55.5 Å². The summed E-state index contributed by atoms with van der Waals surface area (Å²) in [7, 11) is -0.656. The Bertz CT molecular complexity index is 72.8. The molecule has 0 unspecified atom stereocenters. The predicted molar refractivity (Wildman–Crippen MR) is 42.4 cm³/mol. The molecule has 0 amide bonds. The lowest BCUT2D eigenvalue weighted by Gasteiger charge is -2.03. The zero-order valence-electron chi connectivity index (χ0n) is 6.55. The fraction of sp³-hybridized carbons (Fsp3) is 1.00. The summed E-state index contributed by atoms with van der Waals surface area (Å²) >= 11 is 0. The van der Waals surface area contributed by atoms with E-state index in [0.29, 0.717) is 6.32 Å². The molecule has 0 aromatic carbocycles. The number of rotatable bonds is 6. The van der Waals surface area contributed by atoms with Crippen LogP contribution in [0.25, 0.3) is 0 Å². The van der Waals surface area contributed by atoms with Crippen molar-refractivity contribution in [3.8, 4) is 0 Å². The van der Waals surface area contributed by atoms with Gasteiger partial charge in [0.1, 0.15) is 0 Å². The van der Waals surface area contributed by atoms with Gasteiger partial charge in [-0.1, -0.05) is 26.2 Å². The molecule has 0 aliphatic rings. The third kappa shape index (κ3) is 6.07. The van der Waals surface area contributed by atoms with E-state index in [2.05, 4.69) is 6.92 Å². The van der Waals surface area contributed by atoms with Crippen molar-refractivity contribution in [1.29, 1.82) is 0 Å². The van der Waals surface area contributed by atoms with Crippen molar-refractivity contribution < 1.29 is 9.68 Å². The van der Waals surface area contributed by atoms with Crippen LogP contribution < -0.4 is 5.73 Å². The van der Waals surface area contributed by atoms with Gasteiger partial charge in [-0.3, -0.25) is 0 Å². The molecular weight excluding hydrogens is 129 g/mol. The van der Waals surface area contributed by atoms with Gasteiger partial charge in [0.05, 0.1) is 6.73 Å². The van der Waals surface area contributed by atoms with Crippen molar-refractivity contribution in [1.82, 2.24) is 0 Å². The van der Waals surface area contributed by atoms with Gasteiger partial charge in [0, 0.05) is 0 Å². The van der Waals surface area contributed by atoms with Crippen molar-refractivity contribution in [3.05, 3.63) is 0 Å². The summed E-state index contributed by atoms with van der Waals surface area (Å²) < 4.78 is 4.72. The fourth-order valence-corrected chi connectivity index (χ4v) is 0.763. The van der Waals surface area contributed by atoms with E-state index in [0.717, 1.165) is 19.3 Å². The Morgan fingerprint density at radius 2 is 2.20 bits per heavy atom. The average molecular weight is 145 g/mol. The van der Waals surface area contributed by atoms with Crippen molar-refractivity contribution in [3.63, 3.8) is 0 Å². The van der Waals surface area contributed by atoms with E-state index in [1.54, 1.807) is 0 Å². The Balaban J connectivity index is 2.97. The first-order valence-electron chi connectivity index (χ1n) is 3.81. The molecule has 0 aliphatic carbocycles. The molecule has 0 fully saturated rings. The van der Waals surface area contributed by atoms with Crippen LogP contribution in [0.1, 0.15) is 26.2 Å². The molecule has 3 nitrogen and oxygen atoms in total. The van der Waals surface area contributed by atoms with Gasteiger partial charge in [0.2, 0.25) is 0 Å². The summed E-state index contributed by atoms with van der Waals surface area (Å²) in [6.07, 6.45) is 4.02. The summed E-state index contributed by atoms with van der Waals surface area (Å²) in [4.78, 5) is 0. The van der Waals surface area contributed by atoms with Crippen LogP contribution in [0.3, 0.4) is 0 Å². The highest BCUT2D eigenvalue weighted by atomic mass is 16.5. The van der Waals surface area contributed by atoms with Gasteiger partial charge in [-0.25, -0.2) is 0 Å². The lowest BCUT2D eigenvalue weighted by molar-refractivity contribution is 0.266. The molecule has 4 heteroatoms. The van der Waals surface area contributed by atoms with Crippen molar-refractivity contribution >= 4 is 7.12 Å². The van der Waals surface area contributed by atoms with E-state index >= 15 is 0 Å². The Labute approximate surface area is 62.7 Å². The molecule has 60 valence electrons. The van der Waals surface area contributed by atoms with Crippen LogP contribution >= 0.6 is 0 Å². The lowest BCUT2D eigenvalue weighted by atomic mass is 9.83. The largest absolute Gasteiger partial charge is 0.455 e. The molecule has 0 aromatic heterocycles. The van der Waals surface area contributed by atoms with Crippen molar-refractivity contribution in [2.45, 2.75) is 32.5 Å². The molecule has 0 saturated carbocycles. The predicted octanol–water partition coefficient (Wildman–Crippen LogP) is 0.590. The highest BCUT2D eigenvalue weighted by Crippen LogP contribution is 2.02. The smallest absolute Gasteiger partial charge is 0.427 e. The fourth-order valence-electron chi connectivity index (χ4n) is 0.763. The summed E-state index contributed by atoms with van der Waals surface area (Å²) in [6, 6.07) is 0. The maximum atomic E-state index is 8.97. The minimum atomic E-state index is -0.656. The monoisotopic (exact) mass is 145 g/mol. The zero-order valence-corrected chi connectivity index (χ0v) is 6.55. The Hall–Kier alpha value is -0.0551. The van der Waals surface area contributed by atoms with Crippen LogP contribution in [0.15, 0.2) is 0 Å². The third-order valence-corrected chi connectivity index (χ3v) is 1.34. The van der Waals surface area contributed by atoms with E-state index in [1.165, 1.54) is 0 Å². The summed E-state index contributed by atoms with van der Waals surface area (Å²) in [6.45, 7) is 2.23. The summed E-state index contributed by atoms with van der Waals surface area (Å²) in [5.74, 6) is 0. The zero-order chi connectivity index (χ0) is 7.82. The van der Waals surface area contributed by atoms with E-state index in [-0.39, 0.29) is 6.73 Å². The minimum absolute atomic E-state index is 0.104. The normalized spacial score (nSPS) is 9.90. The molecule has 3 N–H and O–H groups in total. The highest BCUT2D eigenvalue weighted by molar-refractivity contribution is 6.42. The molecule has 0 aliphatic heterocycles. The number of hydrogen-bond acceptors (Lipinski definition) is 3. The maximum Gasteiger partial charge on any atom is 0.455 e. The molecule has 0 aromatic rings. The molecule has 0 heterocycles. The Morgan fingerprint density at radius 1 is 1.50 bits per heavy atom. The molecule has 0 bridgehead atoms. The Morgan fingerprint density at radius 3 is 2.70 bits per heavy atom. The van der Waals surface area contributed by atoms with E-state index in [9.17, 15) is 0 Å². The van der Waals surface area contributed by atoms with Gasteiger partial charge in [0.15, 0.2) is 0 Å². The van der Waals surface area contributed by atoms with E-state index in [4.69, 9.17) is 15.4 Å². The number of nitrogens with two attached hydrogens (primary N) is 1. The van der Waals surface area contributed by atoms with Gasteiger partial charge in [-0.05, 0) is 6.32 Å². The van der Waals surface area contributed by atoms with Gasteiger partial charge >= 0.3 is 7.12 Å². The second-order valence-electron chi connectivity index (χ2n) is 2.28. The average Bonchev–Trinajstić information content (AvgIpc) is 1.89. The molecule has 0 rings (SSSR count). The van der Waals surface area contributed by atoms with Gasteiger partial charge in [-0.15, -0.1) is 0 Å². The van der Waals surface area contributed by atoms with Gasteiger partial charge in [0.25, 0.3) is 0 Å². The SMILES string of the molecule is CCCCCB(O)OCN. The Kier molecular flexibility index (Phi) is 7.02. The molecular formula is C6H16BNO2. The van der Waals surface area contributed by atoms with Crippen molar-refractivity contribution in [2.75, 3.05) is 6.73 Å². The summed E-state index contributed by atoms with van der Waals surface area (Å²) in [5.41, 5.74) is 5.05. The minimum Gasteiger partial charge on any atom is -0.427 e. The maximum absolute atomic E-state index is 8.97. The molecule has 0 atom stereocenters.